The molecule has 0 radical (unpaired) electrons. The smallest absolute Gasteiger partial charge is 0.257 e. The zero-order chi connectivity index (χ0) is 13.8. The molecule has 1 amide bonds. The van der Waals surface area contributed by atoms with Crippen LogP contribution in [0.5, 0.6) is 5.75 Å². The number of phenolic OH excluding ortho intramolecular Hbond substituents is 1. The van der Waals surface area contributed by atoms with Crippen molar-refractivity contribution >= 4 is 5.91 Å². The normalized spacial score (nSPS) is 16.3. The van der Waals surface area contributed by atoms with Crippen LogP contribution in [0.15, 0.2) is 18.2 Å². The molecule has 104 valence electrons. The first kappa shape index (κ1) is 13.9. The van der Waals surface area contributed by atoms with Gasteiger partial charge in [0, 0.05) is 14.1 Å². The molecule has 0 saturated heterocycles. The van der Waals surface area contributed by atoms with Crippen LogP contribution in [-0.2, 0) is 6.42 Å². The van der Waals surface area contributed by atoms with E-state index in [0.717, 1.165) is 12.0 Å². The molecular weight excluding hydrogens is 238 g/mol. The molecule has 3 heteroatoms. The predicted octanol–water partition coefficient (Wildman–Crippen LogP) is 3.22. The van der Waals surface area contributed by atoms with Crippen LogP contribution >= 0.6 is 0 Å². The molecule has 0 unspecified atom stereocenters. The number of carbonyl (C=O) groups is 1. The van der Waals surface area contributed by atoms with Gasteiger partial charge in [-0.25, -0.2) is 0 Å². The van der Waals surface area contributed by atoms with E-state index in [9.17, 15) is 9.90 Å². The third-order valence-corrected chi connectivity index (χ3v) is 3.99. The van der Waals surface area contributed by atoms with Crippen molar-refractivity contribution in [3.63, 3.8) is 0 Å². The highest BCUT2D eigenvalue weighted by atomic mass is 16.3. The number of amides is 1. The molecule has 0 spiro atoms. The van der Waals surface area contributed by atoms with Gasteiger partial charge in [0.2, 0.25) is 0 Å². The van der Waals surface area contributed by atoms with Crippen LogP contribution in [0.3, 0.4) is 0 Å². The lowest BCUT2D eigenvalue weighted by molar-refractivity contribution is 0.0824. The molecule has 0 aliphatic heterocycles. The van der Waals surface area contributed by atoms with E-state index >= 15 is 0 Å². The molecule has 19 heavy (non-hydrogen) atoms. The van der Waals surface area contributed by atoms with Gasteiger partial charge in [0.05, 0.1) is 5.56 Å². The third kappa shape index (κ3) is 3.28. The quantitative estimate of drug-likeness (QED) is 0.907. The van der Waals surface area contributed by atoms with Crippen molar-refractivity contribution in [2.45, 2.75) is 38.5 Å². The van der Waals surface area contributed by atoms with E-state index in [1.54, 1.807) is 20.2 Å². The first-order valence-corrected chi connectivity index (χ1v) is 7.12. The summed E-state index contributed by atoms with van der Waals surface area (Å²) in [5.41, 5.74) is 1.33. The van der Waals surface area contributed by atoms with Gasteiger partial charge in [-0.2, -0.15) is 0 Å². The predicted molar refractivity (Wildman–Crippen MR) is 76.4 cm³/mol. The molecule has 1 aliphatic rings. The minimum absolute atomic E-state index is 0.136. The Morgan fingerprint density at radius 1 is 1.26 bits per heavy atom. The molecule has 3 nitrogen and oxygen atoms in total. The topological polar surface area (TPSA) is 40.5 Å². The summed E-state index contributed by atoms with van der Waals surface area (Å²) in [6.45, 7) is 0. The first-order valence-electron chi connectivity index (χ1n) is 7.12. The highest BCUT2D eigenvalue weighted by molar-refractivity contribution is 5.96. The lowest BCUT2D eigenvalue weighted by Crippen LogP contribution is -2.22. The largest absolute Gasteiger partial charge is 0.507 e. The average Bonchev–Trinajstić information content (AvgIpc) is 2.41. The molecule has 0 atom stereocenters. The summed E-state index contributed by atoms with van der Waals surface area (Å²) in [7, 11) is 3.41. The molecular formula is C16H23NO2. The van der Waals surface area contributed by atoms with Crippen LogP contribution in [0.2, 0.25) is 0 Å². The maximum absolute atomic E-state index is 12.0. The van der Waals surface area contributed by atoms with Gasteiger partial charge in [-0.15, -0.1) is 0 Å². The van der Waals surface area contributed by atoms with E-state index < -0.39 is 0 Å². The molecule has 1 aromatic rings. The summed E-state index contributed by atoms with van der Waals surface area (Å²) in [4.78, 5) is 13.5. The van der Waals surface area contributed by atoms with Gasteiger partial charge in [0.15, 0.2) is 0 Å². The van der Waals surface area contributed by atoms with Gasteiger partial charge >= 0.3 is 0 Å². The first-order chi connectivity index (χ1) is 9.09. The molecule has 1 fully saturated rings. The van der Waals surface area contributed by atoms with Crippen molar-refractivity contribution in [1.29, 1.82) is 0 Å². The van der Waals surface area contributed by atoms with Gasteiger partial charge in [0.1, 0.15) is 5.75 Å². The molecule has 0 bridgehead atoms. The van der Waals surface area contributed by atoms with E-state index in [2.05, 4.69) is 0 Å². The maximum Gasteiger partial charge on any atom is 0.257 e. The second-order valence-corrected chi connectivity index (χ2v) is 5.72. The summed E-state index contributed by atoms with van der Waals surface area (Å²) in [5, 5.41) is 10.3. The second-order valence-electron chi connectivity index (χ2n) is 5.72. The number of hydrogen-bond acceptors (Lipinski definition) is 2. The average molecular weight is 261 g/mol. The lowest BCUT2D eigenvalue weighted by atomic mass is 9.84. The van der Waals surface area contributed by atoms with Gasteiger partial charge in [-0.1, -0.05) is 44.2 Å². The molecule has 0 heterocycles. The van der Waals surface area contributed by atoms with E-state index in [-0.39, 0.29) is 11.7 Å². The van der Waals surface area contributed by atoms with Crippen molar-refractivity contribution in [2.75, 3.05) is 14.1 Å². The summed E-state index contributed by atoms with van der Waals surface area (Å²) < 4.78 is 0. The molecule has 1 saturated carbocycles. The monoisotopic (exact) mass is 261 g/mol. The minimum atomic E-state index is -0.136. The highest BCUT2D eigenvalue weighted by Gasteiger charge is 2.19. The summed E-state index contributed by atoms with van der Waals surface area (Å²) >= 11 is 0. The van der Waals surface area contributed by atoms with Crippen LogP contribution in [0, 0.1) is 5.92 Å². The molecule has 1 N–H and O–H groups in total. The third-order valence-electron chi connectivity index (χ3n) is 3.99. The van der Waals surface area contributed by atoms with Gasteiger partial charge in [-0.3, -0.25) is 4.79 Å². The fraction of sp³-hybridized carbons (Fsp3) is 0.562. The molecule has 1 aromatic carbocycles. The Bertz CT molecular complexity index is 448. The SMILES string of the molecule is CN(C)C(=O)c1cccc(CC2CCCCC2)c1O. The number of phenols is 1. The van der Waals surface area contributed by atoms with Crippen LogP contribution in [-0.4, -0.2) is 30.0 Å². The number of benzene rings is 1. The van der Waals surface area contributed by atoms with E-state index in [0.29, 0.717) is 11.5 Å². The number of hydrogen-bond donors (Lipinski definition) is 1. The standard InChI is InChI=1S/C16H23NO2/c1-17(2)16(19)14-10-6-9-13(15(14)18)11-12-7-4-3-5-8-12/h6,9-10,12,18H,3-5,7-8,11H2,1-2H3. The van der Waals surface area contributed by atoms with Gasteiger partial charge < -0.3 is 10.0 Å². The Morgan fingerprint density at radius 2 is 1.95 bits per heavy atom. The number of aromatic hydroxyl groups is 1. The Labute approximate surface area is 115 Å². The van der Waals surface area contributed by atoms with E-state index in [4.69, 9.17) is 0 Å². The van der Waals surface area contributed by atoms with Gasteiger partial charge in [-0.05, 0) is 24.0 Å². The zero-order valence-corrected chi connectivity index (χ0v) is 11.9. The fourth-order valence-corrected chi connectivity index (χ4v) is 2.87. The Morgan fingerprint density at radius 3 is 2.58 bits per heavy atom. The van der Waals surface area contributed by atoms with Crippen molar-refractivity contribution in [3.05, 3.63) is 29.3 Å². The minimum Gasteiger partial charge on any atom is -0.507 e. The Hall–Kier alpha value is -1.51. The van der Waals surface area contributed by atoms with Crippen LogP contribution in [0.1, 0.15) is 48.0 Å². The maximum atomic E-state index is 12.0. The number of carbonyl (C=O) groups excluding carboxylic acids is 1. The van der Waals surface area contributed by atoms with Crippen LogP contribution < -0.4 is 0 Å². The number of nitrogens with zero attached hydrogens (tertiary/aromatic N) is 1. The van der Waals surface area contributed by atoms with Gasteiger partial charge in [0.25, 0.3) is 5.91 Å². The molecule has 0 aromatic heterocycles. The number of para-hydroxylation sites is 1. The van der Waals surface area contributed by atoms with Crippen molar-refractivity contribution < 1.29 is 9.90 Å². The van der Waals surface area contributed by atoms with E-state index in [1.165, 1.54) is 37.0 Å². The highest BCUT2D eigenvalue weighted by Crippen LogP contribution is 2.31. The Kier molecular flexibility index (Phi) is 4.46. The number of rotatable bonds is 3. The lowest BCUT2D eigenvalue weighted by Gasteiger charge is -2.22. The van der Waals surface area contributed by atoms with Crippen molar-refractivity contribution in [1.82, 2.24) is 4.90 Å². The van der Waals surface area contributed by atoms with Crippen molar-refractivity contribution in [2.24, 2.45) is 5.92 Å². The molecule has 1 aliphatic carbocycles. The Balaban J connectivity index is 2.17. The second kappa shape index (κ2) is 6.09. The molecule has 2 rings (SSSR count). The van der Waals surface area contributed by atoms with Crippen LogP contribution in [0.25, 0.3) is 0 Å². The summed E-state index contributed by atoms with van der Waals surface area (Å²) in [5.74, 6) is 0.694. The summed E-state index contributed by atoms with van der Waals surface area (Å²) in [6.07, 6.45) is 7.29. The van der Waals surface area contributed by atoms with E-state index in [1.807, 2.05) is 12.1 Å². The summed E-state index contributed by atoms with van der Waals surface area (Å²) in [6, 6.07) is 5.51. The zero-order valence-electron chi connectivity index (χ0n) is 11.9. The van der Waals surface area contributed by atoms with Crippen molar-refractivity contribution in [3.8, 4) is 5.75 Å². The van der Waals surface area contributed by atoms with Crippen LogP contribution in [0.4, 0.5) is 0 Å². The fourth-order valence-electron chi connectivity index (χ4n) is 2.87.